The standard InChI is InChI=1S/C82H157NO13/c1-3-5-7-9-11-13-15-17-19-21-23-25-27-29-30-31-32-33-34-35-36-37-38-39-40-42-44-46-48-50-52-54-56-58-60-62-64-66-74(87)83-70(69-93-81-79(92)77(90)80(73(68-85)95-81)96-82-78(91)76(89)75(88)72(67-84)94-82)71(86)65-63-61-59-57-55-53-51-49-47-45-43-41-28-26-24-22-20-18-16-14-12-10-8-6-4-2/h15,17,21,23,70-73,75-82,84-86,88-92H,3-14,16,18-20,22,24-69H2,1-2H3,(H,83,87)/b17-15-,23-21-. The van der Waals surface area contributed by atoms with Gasteiger partial charge in [-0.3, -0.25) is 4.79 Å². The Balaban J connectivity index is 1.57. The molecule has 12 unspecified atom stereocenters. The zero-order valence-corrected chi connectivity index (χ0v) is 62.4. The van der Waals surface area contributed by atoms with Gasteiger partial charge in [-0.15, -0.1) is 0 Å². The Labute approximate surface area is 589 Å². The van der Waals surface area contributed by atoms with Crippen molar-refractivity contribution in [2.75, 3.05) is 19.8 Å². The Morgan fingerprint density at radius 1 is 0.375 bits per heavy atom. The summed E-state index contributed by atoms with van der Waals surface area (Å²) >= 11 is 0. The maximum atomic E-state index is 13.4. The third-order valence-electron chi connectivity index (χ3n) is 20.7. The molecule has 2 fully saturated rings. The van der Waals surface area contributed by atoms with Crippen LogP contribution in [-0.2, 0) is 23.7 Å². The van der Waals surface area contributed by atoms with Gasteiger partial charge in [-0.2, -0.15) is 0 Å². The first-order valence-electron chi connectivity index (χ1n) is 41.6. The third kappa shape index (κ3) is 49.1. The molecule has 96 heavy (non-hydrogen) atoms. The van der Waals surface area contributed by atoms with Gasteiger partial charge in [0, 0.05) is 6.42 Å². The van der Waals surface area contributed by atoms with Crippen molar-refractivity contribution in [3.8, 4) is 0 Å². The molecule has 0 spiro atoms. The quantitative estimate of drug-likeness (QED) is 0.0204. The van der Waals surface area contributed by atoms with Gasteiger partial charge in [-0.05, 0) is 44.9 Å². The molecule has 0 radical (unpaired) electrons. The lowest BCUT2D eigenvalue weighted by atomic mass is 9.97. The summed E-state index contributed by atoms with van der Waals surface area (Å²) in [6.07, 6.45) is 69.5. The summed E-state index contributed by atoms with van der Waals surface area (Å²) in [5.74, 6) is -0.196. The number of allylic oxidation sites excluding steroid dienone is 4. The number of hydrogen-bond donors (Lipinski definition) is 9. The number of ether oxygens (including phenoxy) is 4. The van der Waals surface area contributed by atoms with E-state index in [1.807, 2.05) is 0 Å². The predicted octanol–water partition coefficient (Wildman–Crippen LogP) is 19.0. The summed E-state index contributed by atoms with van der Waals surface area (Å²) in [5.41, 5.74) is 0. The van der Waals surface area contributed by atoms with Crippen LogP contribution in [0.5, 0.6) is 0 Å². The summed E-state index contributed by atoms with van der Waals surface area (Å²) in [7, 11) is 0. The van der Waals surface area contributed by atoms with E-state index in [4.69, 9.17) is 18.9 Å². The molecule has 0 aromatic heterocycles. The Kier molecular flexibility index (Phi) is 62.9. The number of unbranched alkanes of at least 4 members (excludes halogenated alkanes) is 54. The van der Waals surface area contributed by atoms with E-state index in [2.05, 4.69) is 43.5 Å². The molecule has 1 amide bonds. The van der Waals surface area contributed by atoms with Crippen LogP contribution < -0.4 is 5.32 Å². The van der Waals surface area contributed by atoms with E-state index in [1.54, 1.807) is 0 Å². The van der Waals surface area contributed by atoms with Crippen molar-refractivity contribution in [3.05, 3.63) is 24.3 Å². The van der Waals surface area contributed by atoms with Crippen LogP contribution in [0.1, 0.15) is 399 Å². The molecule has 2 aliphatic heterocycles. The summed E-state index contributed by atoms with van der Waals surface area (Å²) in [6, 6.07) is -0.827. The van der Waals surface area contributed by atoms with Gasteiger partial charge >= 0.3 is 0 Å². The van der Waals surface area contributed by atoms with Gasteiger partial charge in [0.1, 0.15) is 48.8 Å². The van der Waals surface area contributed by atoms with E-state index in [0.717, 1.165) is 57.8 Å². The summed E-state index contributed by atoms with van der Waals surface area (Å²) < 4.78 is 23.0. The average Bonchev–Trinajstić information content (AvgIpc) is 0.857. The number of aliphatic hydroxyl groups excluding tert-OH is 8. The number of nitrogens with one attached hydrogen (secondary N) is 1. The lowest BCUT2D eigenvalue weighted by Crippen LogP contribution is -2.65. The highest BCUT2D eigenvalue weighted by molar-refractivity contribution is 5.76. The van der Waals surface area contributed by atoms with Crippen molar-refractivity contribution in [3.63, 3.8) is 0 Å². The van der Waals surface area contributed by atoms with Gasteiger partial charge in [0.05, 0.1) is 32.0 Å². The molecule has 14 heteroatoms. The molecular weight excluding hydrogens is 1210 g/mol. The fraction of sp³-hybridized carbons (Fsp3) is 0.939. The fourth-order valence-electron chi connectivity index (χ4n) is 14.1. The first-order valence-corrected chi connectivity index (χ1v) is 41.6. The minimum Gasteiger partial charge on any atom is -0.394 e. The average molecular weight is 1370 g/mol. The highest BCUT2D eigenvalue weighted by Gasteiger charge is 2.51. The van der Waals surface area contributed by atoms with E-state index in [9.17, 15) is 45.6 Å². The normalized spacial score (nSPS) is 22.3. The predicted molar refractivity (Wildman–Crippen MR) is 397 cm³/mol. The van der Waals surface area contributed by atoms with Crippen molar-refractivity contribution >= 4 is 5.91 Å². The van der Waals surface area contributed by atoms with Crippen molar-refractivity contribution in [1.29, 1.82) is 0 Å². The van der Waals surface area contributed by atoms with Gasteiger partial charge in [0.25, 0.3) is 0 Å². The number of hydrogen-bond acceptors (Lipinski definition) is 13. The molecule has 12 atom stereocenters. The molecule has 9 N–H and O–H groups in total. The molecule has 2 aliphatic rings. The Hall–Kier alpha value is -1.53. The lowest BCUT2D eigenvalue weighted by Gasteiger charge is -2.46. The topological polar surface area (TPSA) is 228 Å². The number of carbonyl (C=O) groups is 1. The van der Waals surface area contributed by atoms with Gasteiger partial charge in [0.15, 0.2) is 12.6 Å². The highest BCUT2D eigenvalue weighted by Crippen LogP contribution is 2.31. The minimum atomic E-state index is -1.78. The Morgan fingerprint density at radius 3 is 1.04 bits per heavy atom. The first-order chi connectivity index (χ1) is 47.1. The van der Waals surface area contributed by atoms with Gasteiger partial charge in [-0.1, -0.05) is 372 Å². The molecule has 568 valence electrons. The van der Waals surface area contributed by atoms with Crippen molar-refractivity contribution in [1.82, 2.24) is 5.32 Å². The van der Waals surface area contributed by atoms with Crippen LogP contribution in [0.4, 0.5) is 0 Å². The summed E-state index contributed by atoms with van der Waals surface area (Å²) in [5, 5.41) is 87.9. The minimum absolute atomic E-state index is 0.196. The third-order valence-corrected chi connectivity index (χ3v) is 20.7. The van der Waals surface area contributed by atoms with Gasteiger partial charge < -0.3 is 65.1 Å². The van der Waals surface area contributed by atoms with Crippen molar-refractivity contribution in [2.24, 2.45) is 0 Å². The van der Waals surface area contributed by atoms with E-state index in [-0.39, 0.29) is 12.5 Å². The molecule has 2 rings (SSSR count). The zero-order chi connectivity index (χ0) is 69.4. The van der Waals surface area contributed by atoms with Crippen LogP contribution >= 0.6 is 0 Å². The molecule has 0 aromatic carbocycles. The van der Waals surface area contributed by atoms with Crippen LogP contribution in [0.15, 0.2) is 24.3 Å². The van der Waals surface area contributed by atoms with E-state index >= 15 is 0 Å². The van der Waals surface area contributed by atoms with Gasteiger partial charge in [0.2, 0.25) is 5.91 Å². The van der Waals surface area contributed by atoms with Crippen molar-refractivity contribution in [2.45, 2.75) is 473 Å². The van der Waals surface area contributed by atoms with Crippen LogP contribution in [0.2, 0.25) is 0 Å². The molecule has 14 nitrogen and oxygen atoms in total. The Bertz CT molecular complexity index is 1700. The second kappa shape index (κ2) is 66.7. The summed E-state index contributed by atoms with van der Waals surface area (Å²) in [6.45, 7) is 2.93. The molecule has 2 saturated heterocycles. The van der Waals surface area contributed by atoms with Crippen LogP contribution in [0.25, 0.3) is 0 Å². The van der Waals surface area contributed by atoms with Crippen LogP contribution in [0.3, 0.4) is 0 Å². The smallest absolute Gasteiger partial charge is 0.220 e. The van der Waals surface area contributed by atoms with Crippen molar-refractivity contribution < 1.29 is 64.6 Å². The maximum Gasteiger partial charge on any atom is 0.220 e. The highest BCUT2D eigenvalue weighted by atomic mass is 16.7. The molecule has 0 saturated carbocycles. The maximum absolute atomic E-state index is 13.4. The first kappa shape index (κ1) is 90.6. The summed E-state index contributed by atoms with van der Waals surface area (Å²) in [4.78, 5) is 13.4. The second-order valence-corrected chi connectivity index (χ2v) is 29.6. The second-order valence-electron chi connectivity index (χ2n) is 29.6. The zero-order valence-electron chi connectivity index (χ0n) is 62.4. The lowest BCUT2D eigenvalue weighted by molar-refractivity contribution is -0.359. The Morgan fingerprint density at radius 2 is 0.688 bits per heavy atom. The van der Waals surface area contributed by atoms with Crippen LogP contribution in [0, 0.1) is 0 Å². The monoisotopic (exact) mass is 1360 g/mol. The number of aliphatic hydroxyl groups is 8. The SMILES string of the molecule is CCCCCCC/C=C\C/C=C\CCCCCCCCCCCCCCCCCCCCCCCCCCCC(=O)NC(COC1OC(CO)C(OC2OC(CO)C(O)C(O)C2O)C(O)C1O)C(O)CCCCCCCCCCCCCCCCCCCCCCCCCCC. The van der Waals surface area contributed by atoms with E-state index in [1.165, 1.54) is 315 Å². The molecule has 0 bridgehead atoms. The number of rotatable bonds is 71. The largest absolute Gasteiger partial charge is 0.394 e. The molecule has 0 aliphatic carbocycles. The van der Waals surface area contributed by atoms with Gasteiger partial charge in [-0.25, -0.2) is 0 Å². The van der Waals surface area contributed by atoms with Crippen LogP contribution in [-0.4, -0.2) is 140 Å². The fourth-order valence-corrected chi connectivity index (χ4v) is 14.1. The molecule has 2 heterocycles. The molecule has 0 aromatic rings. The number of carbonyl (C=O) groups excluding carboxylic acids is 1. The van der Waals surface area contributed by atoms with E-state index in [0.29, 0.717) is 12.8 Å². The van der Waals surface area contributed by atoms with E-state index < -0.39 is 86.8 Å². The number of amides is 1. The molecular formula is C82H157NO13.